The first-order valence-electron chi connectivity index (χ1n) is 6.96. The van der Waals surface area contributed by atoms with Gasteiger partial charge in [-0.1, -0.05) is 18.9 Å². The van der Waals surface area contributed by atoms with Crippen molar-refractivity contribution in [3.8, 4) is 0 Å². The van der Waals surface area contributed by atoms with Crippen molar-refractivity contribution in [1.29, 1.82) is 0 Å². The molecule has 0 saturated carbocycles. The fourth-order valence-corrected chi connectivity index (χ4v) is 2.29. The zero-order valence-electron chi connectivity index (χ0n) is 12.1. The van der Waals surface area contributed by atoms with Crippen LogP contribution in [0.25, 0.3) is 0 Å². The standard InChI is InChI=1S/C13H24N4O2/c1-10(2)6-14-7-12-15-16-13(19-12)17-5-4-11(8-17)9-18-3/h10-11,14H,4-9H2,1-3H3. The van der Waals surface area contributed by atoms with Crippen molar-refractivity contribution in [2.75, 3.05) is 38.3 Å². The largest absolute Gasteiger partial charge is 0.407 e. The van der Waals surface area contributed by atoms with Crippen LogP contribution in [0.5, 0.6) is 0 Å². The van der Waals surface area contributed by atoms with Gasteiger partial charge in [-0.2, -0.15) is 0 Å². The van der Waals surface area contributed by atoms with Crippen LogP contribution in [0, 0.1) is 11.8 Å². The van der Waals surface area contributed by atoms with Crippen LogP contribution in [0.4, 0.5) is 6.01 Å². The van der Waals surface area contributed by atoms with E-state index in [1.165, 1.54) is 0 Å². The number of hydrogen-bond donors (Lipinski definition) is 1. The molecule has 19 heavy (non-hydrogen) atoms. The maximum absolute atomic E-state index is 5.68. The summed E-state index contributed by atoms with van der Waals surface area (Å²) in [5.74, 6) is 1.85. The van der Waals surface area contributed by atoms with Crippen molar-refractivity contribution in [1.82, 2.24) is 15.5 Å². The average Bonchev–Trinajstić information content (AvgIpc) is 2.98. The summed E-state index contributed by atoms with van der Waals surface area (Å²) in [5.41, 5.74) is 0. The van der Waals surface area contributed by atoms with E-state index >= 15 is 0 Å². The lowest BCUT2D eigenvalue weighted by Gasteiger charge is -2.12. The molecular weight excluding hydrogens is 244 g/mol. The molecule has 1 fully saturated rings. The van der Waals surface area contributed by atoms with E-state index in [0.717, 1.165) is 32.7 Å². The van der Waals surface area contributed by atoms with Gasteiger partial charge in [0.2, 0.25) is 5.89 Å². The summed E-state index contributed by atoms with van der Waals surface area (Å²) in [4.78, 5) is 2.14. The minimum absolute atomic E-state index is 0.569. The zero-order chi connectivity index (χ0) is 13.7. The summed E-state index contributed by atoms with van der Waals surface area (Å²) < 4.78 is 10.9. The molecule has 1 aromatic rings. The van der Waals surface area contributed by atoms with Gasteiger partial charge in [0.1, 0.15) is 0 Å². The monoisotopic (exact) mass is 268 g/mol. The Hall–Kier alpha value is -1.14. The van der Waals surface area contributed by atoms with Gasteiger partial charge in [0.05, 0.1) is 13.2 Å². The van der Waals surface area contributed by atoms with Gasteiger partial charge in [-0.25, -0.2) is 0 Å². The molecular formula is C13H24N4O2. The summed E-state index contributed by atoms with van der Waals surface area (Å²) >= 11 is 0. The smallest absolute Gasteiger partial charge is 0.318 e. The molecule has 0 bridgehead atoms. The van der Waals surface area contributed by atoms with E-state index in [0.29, 0.717) is 30.3 Å². The van der Waals surface area contributed by atoms with Gasteiger partial charge < -0.3 is 19.4 Å². The molecule has 2 rings (SSSR count). The van der Waals surface area contributed by atoms with E-state index in [1.807, 2.05) is 0 Å². The molecule has 1 saturated heterocycles. The highest BCUT2D eigenvalue weighted by atomic mass is 16.5. The fraction of sp³-hybridized carbons (Fsp3) is 0.846. The van der Waals surface area contributed by atoms with Crippen LogP contribution in [-0.4, -0.2) is 43.5 Å². The Labute approximate surface area is 114 Å². The maximum Gasteiger partial charge on any atom is 0.318 e. The summed E-state index contributed by atoms with van der Waals surface area (Å²) in [6.45, 7) is 8.65. The van der Waals surface area contributed by atoms with Gasteiger partial charge in [-0.05, 0) is 18.9 Å². The molecule has 0 spiro atoms. The quantitative estimate of drug-likeness (QED) is 0.804. The molecule has 108 valence electrons. The Bertz CT molecular complexity index is 380. The third kappa shape index (κ3) is 4.18. The van der Waals surface area contributed by atoms with Gasteiger partial charge in [-0.15, -0.1) is 5.10 Å². The van der Waals surface area contributed by atoms with Gasteiger partial charge in [-0.3, -0.25) is 0 Å². The van der Waals surface area contributed by atoms with Crippen molar-refractivity contribution in [3.63, 3.8) is 0 Å². The number of methoxy groups -OCH3 is 1. The number of nitrogens with zero attached hydrogens (tertiary/aromatic N) is 3. The molecule has 6 heteroatoms. The van der Waals surface area contributed by atoms with Gasteiger partial charge >= 0.3 is 6.01 Å². The number of hydrogen-bond acceptors (Lipinski definition) is 6. The fourth-order valence-electron chi connectivity index (χ4n) is 2.29. The Balaban J connectivity index is 1.80. The first kappa shape index (κ1) is 14.3. The van der Waals surface area contributed by atoms with E-state index in [-0.39, 0.29) is 0 Å². The summed E-state index contributed by atoms with van der Waals surface area (Å²) in [5, 5.41) is 11.5. The lowest BCUT2D eigenvalue weighted by Crippen LogP contribution is -2.21. The van der Waals surface area contributed by atoms with Crippen molar-refractivity contribution >= 4 is 6.01 Å². The van der Waals surface area contributed by atoms with Crippen molar-refractivity contribution in [2.45, 2.75) is 26.8 Å². The Morgan fingerprint density at radius 3 is 3.05 bits per heavy atom. The van der Waals surface area contributed by atoms with Crippen LogP contribution in [0.1, 0.15) is 26.2 Å². The van der Waals surface area contributed by atoms with Crippen LogP contribution in [0.3, 0.4) is 0 Å². The van der Waals surface area contributed by atoms with Crippen LogP contribution in [-0.2, 0) is 11.3 Å². The van der Waals surface area contributed by atoms with Crippen molar-refractivity contribution in [2.24, 2.45) is 11.8 Å². The molecule has 0 radical (unpaired) electrons. The normalized spacial score (nSPS) is 19.6. The van der Waals surface area contributed by atoms with E-state index < -0.39 is 0 Å². The molecule has 1 atom stereocenters. The molecule has 1 aliphatic heterocycles. The maximum atomic E-state index is 5.68. The first-order valence-corrected chi connectivity index (χ1v) is 6.96. The molecule has 0 aliphatic carbocycles. The number of nitrogens with one attached hydrogen (secondary N) is 1. The van der Waals surface area contributed by atoms with E-state index in [2.05, 4.69) is 34.3 Å². The molecule has 6 nitrogen and oxygen atoms in total. The minimum atomic E-state index is 0.569. The number of aromatic nitrogens is 2. The molecule has 0 aromatic carbocycles. The van der Waals surface area contributed by atoms with E-state index in [1.54, 1.807) is 7.11 Å². The zero-order valence-corrected chi connectivity index (χ0v) is 12.1. The topological polar surface area (TPSA) is 63.4 Å². The number of ether oxygens (including phenoxy) is 1. The molecule has 2 heterocycles. The lowest BCUT2D eigenvalue weighted by atomic mass is 10.1. The predicted octanol–water partition coefficient (Wildman–Crippen LogP) is 1.29. The minimum Gasteiger partial charge on any atom is -0.407 e. The van der Waals surface area contributed by atoms with Crippen molar-refractivity contribution < 1.29 is 9.15 Å². The Kier molecular flexibility index (Phi) is 5.15. The highest BCUT2D eigenvalue weighted by Gasteiger charge is 2.26. The molecule has 0 amide bonds. The molecule has 1 aliphatic rings. The van der Waals surface area contributed by atoms with Gasteiger partial charge in [0, 0.05) is 26.1 Å². The third-order valence-electron chi connectivity index (χ3n) is 3.24. The SMILES string of the molecule is COCC1CCN(c2nnc(CNCC(C)C)o2)C1. The van der Waals surface area contributed by atoms with Crippen LogP contribution < -0.4 is 10.2 Å². The van der Waals surface area contributed by atoms with Crippen LogP contribution in [0.2, 0.25) is 0 Å². The summed E-state index contributed by atoms with van der Waals surface area (Å²) in [6, 6.07) is 0.639. The summed E-state index contributed by atoms with van der Waals surface area (Å²) in [7, 11) is 1.74. The van der Waals surface area contributed by atoms with Gasteiger partial charge in [0.15, 0.2) is 0 Å². The number of anilines is 1. The predicted molar refractivity (Wildman–Crippen MR) is 73.0 cm³/mol. The second-order valence-corrected chi connectivity index (χ2v) is 5.56. The Morgan fingerprint density at radius 2 is 2.32 bits per heavy atom. The molecule has 1 aromatic heterocycles. The van der Waals surface area contributed by atoms with Crippen LogP contribution >= 0.6 is 0 Å². The average molecular weight is 268 g/mol. The second-order valence-electron chi connectivity index (χ2n) is 5.56. The molecule has 1 unspecified atom stereocenters. The highest BCUT2D eigenvalue weighted by Crippen LogP contribution is 2.22. The Morgan fingerprint density at radius 1 is 1.47 bits per heavy atom. The second kappa shape index (κ2) is 6.86. The third-order valence-corrected chi connectivity index (χ3v) is 3.24. The molecule has 1 N–H and O–H groups in total. The van der Waals surface area contributed by atoms with Gasteiger partial charge in [0.25, 0.3) is 0 Å². The first-order chi connectivity index (χ1) is 9.19. The lowest BCUT2D eigenvalue weighted by molar-refractivity contribution is 0.160. The van der Waals surface area contributed by atoms with Crippen LogP contribution in [0.15, 0.2) is 4.42 Å². The number of rotatable bonds is 7. The van der Waals surface area contributed by atoms with E-state index in [9.17, 15) is 0 Å². The van der Waals surface area contributed by atoms with Crippen molar-refractivity contribution in [3.05, 3.63) is 5.89 Å². The van der Waals surface area contributed by atoms with E-state index in [4.69, 9.17) is 9.15 Å². The highest BCUT2D eigenvalue weighted by molar-refractivity contribution is 5.26. The summed E-state index contributed by atoms with van der Waals surface area (Å²) in [6.07, 6.45) is 1.12.